The fraction of sp³-hybridized carbons (Fsp3) is 0.696. The zero-order valence-electron chi connectivity index (χ0n) is 17.9. The van der Waals surface area contributed by atoms with Gasteiger partial charge in [-0.05, 0) is 43.6 Å². The van der Waals surface area contributed by atoms with E-state index in [0.717, 1.165) is 24.8 Å². The Hall–Kier alpha value is -1.59. The number of ether oxygens (including phenoxy) is 3. The SMILES string of the molecule is CCC1CC(CNC(=O)OCc2ccccc2)C2(COC(C)(C)O2)CC1(C)C. The van der Waals surface area contributed by atoms with Crippen molar-refractivity contribution in [3.63, 3.8) is 0 Å². The summed E-state index contributed by atoms with van der Waals surface area (Å²) in [6, 6.07) is 9.72. The third kappa shape index (κ3) is 4.69. The number of alkyl carbamates (subject to hydrolysis) is 1. The van der Waals surface area contributed by atoms with Gasteiger partial charge in [0.05, 0.1) is 12.2 Å². The number of benzene rings is 1. The molecule has 1 N–H and O–H groups in total. The molecule has 0 bridgehead atoms. The van der Waals surface area contributed by atoms with Crippen molar-refractivity contribution in [2.45, 2.75) is 71.9 Å². The second-order valence-corrected chi connectivity index (χ2v) is 9.50. The summed E-state index contributed by atoms with van der Waals surface area (Å²) in [5.41, 5.74) is 0.808. The number of hydrogen-bond acceptors (Lipinski definition) is 4. The van der Waals surface area contributed by atoms with Crippen LogP contribution in [0.15, 0.2) is 30.3 Å². The van der Waals surface area contributed by atoms with Crippen LogP contribution in [0.1, 0.15) is 59.4 Å². The Kier molecular flexibility index (Phi) is 6.06. The van der Waals surface area contributed by atoms with Crippen LogP contribution in [-0.2, 0) is 20.8 Å². The van der Waals surface area contributed by atoms with Crippen LogP contribution < -0.4 is 5.32 Å². The number of rotatable bonds is 5. The lowest BCUT2D eigenvalue weighted by atomic mass is 9.58. The van der Waals surface area contributed by atoms with Gasteiger partial charge >= 0.3 is 6.09 Å². The molecule has 0 aromatic heterocycles. The van der Waals surface area contributed by atoms with E-state index in [-0.39, 0.29) is 29.6 Å². The summed E-state index contributed by atoms with van der Waals surface area (Å²) in [5.74, 6) is 0.218. The topological polar surface area (TPSA) is 56.8 Å². The molecule has 1 saturated heterocycles. The minimum Gasteiger partial charge on any atom is -0.445 e. The van der Waals surface area contributed by atoms with Gasteiger partial charge < -0.3 is 19.5 Å². The summed E-state index contributed by atoms with van der Waals surface area (Å²) >= 11 is 0. The monoisotopic (exact) mass is 389 g/mol. The molecule has 156 valence electrons. The van der Waals surface area contributed by atoms with E-state index in [1.54, 1.807) is 0 Å². The van der Waals surface area contributed by atoms with Gasteiger partial charge in [0.25, 0.3) is 0 Å². The smallest absolute Gasteiger partial charge is 0.407 e. The van der Waals surface area contributed by atoms with E-state index in [9.17, 15) is 4.79 Å². The van der Waals surface area contributed by atoms with Crippen LogP contribution in [-0.4, -0.2) is 30.6 Å². The third-order valence-electron chi connectivity index (χ3n) is 6.48. The minimum absolute atomic E-state index is 0.183. The van der Waals surface area contributed by atoms with Crippen molar-refractivity contribution >= 4 is 6.09 Å². The lowest BCUT2D eigenvalue weighted by molar-refractivity contribution is -0.196. The molecule has 1 aliphatic heterocycles. The van der Waals surface area contributed by atoms with E-state index in [0.29, 0.717) is 19.1 Å². The summed E-state index contributed by atoms with van der Waals surface area (Å²) in [4.78, 5) is 12.3. The van der Waals surface area contributed by atoms with Gasteiger partial charge in [-0.2, -0.15) is 0 Å². The lowest BCUT2D eigenvalue weighted by Crippen LogP contribution is -2.55. The fourth-order valence-corrected chi connectivity index (χ4v) is 5.04. The average Bonchev–Trinajstić information content (AvgIpc) is 2.94. The molecule has 1 amide bonds. The van der Waals surface area contributed by atoms with Gasteiger partial charge in [0.15, 0.2) is 5.79 Å². The third-order valence-corrected chi connectivity index (χ3v) is 6.48. The van der Waals surface area contributed by atoms with E-state index in [1.165, 1.54) is 0 Å². The summed E-state index contributed by atoms with van der Waals surface area (Å²) < 4.78 is 17.8. The maximum absolute atomic E-state index is 12.3. The number of amides is 1. The number of carbonyl (C=O) groups excluding carboxylic acids is 1. The molecule has 1 aliphatic carbocycles. The van der Waals surface area contributed by atoms with Gasteiger partial charge in [-0.25, -0.2) is 4.79 Å². The first-order chi connectivity index (χ1) is 13.2. The molecule has 2 fully saturated rings. The molecule has 3 rings (SSSR count). The largest absolute Gasteiger partial charge is 0.445 e. The fourth-order valence-electron chi connectivity index (χ4n) is 5.04. The number of hydrogen-bond donors (Lipinski definition) is 1. The first kappa shape index (κ1) is 21.1. The molecule has 1 spiro atoms. The van der Waals surface area contributed by atoms with Crippen molar-refractivity contribution in [2.24, 2.45) is 17.3 Å². The van der Waals surface area contributed by atoms with E-state index in [4.69, 9.17) is 14.2 Å². The maximum atomic E-state index is 12.3. The molecule has 3 atom stereocenters. The molecule has 1 saturated carbocycles. The van der Waals surface area contributed by atoms with Crippen molar-refractivity contribution in [2.75, 3.05) is 13.2 Å². The Morgan fingerprint density at radius 1 is 1.18 bits per heavy atom. The highest BCUT2D eigenvalue weighted by Crippen LogP contribution is 2.54. The Bertz CT molecular complexity index is 672. The highest BCUT2D eigenvalue weighted by molar-refractivity contribution is 5.67. The molecule has 1 heterocycles. The first-order valence-electron chi connectivity index (χ1n) is 10.4. The second-order valence-electron chi connectivity index (χ2n) is 9.50. The van der Waals surface area contributed by atoms with Crippen molar-refractivity contribution in [1.82, 2.24) is 5.32 Å². The highest BCUT2D eigenvalue weighted by Gasteiger charge is 2.57. The van der Waals surface area contributed by atoms with E-state index < -0.39 is 5.79 Å². The molecule has 2 aliphatic rings. The molecule has 1 aromatic carbocycles. The van der Waals surface area contributed by atoms with Gasteiger partial charge in [0.1, 0.15) is 6.61 Å². The van der Waals surface area contributed by atoms with Crippen LogP contribution in [0, 0.1) is 17.3 Å². The summed E-state index contributed by atoms with van der Waals surface area (Å²) in [6.45, 7) is 12.2. The standard InChI is InChI=1S/C23H35NO4/c1-6-18-12-19(13-24-20(25)26-14-17-10-8-7-9-11-17)23(15-21(18,2)3)16-27-22(4,5)28-23/h7-11,18-19H,6,12-16H2,1-5H3,(H,24,25). The lowest BCUT2D eigenvalue weighted by Gasteiger charge is -2.51. The van der Waals surface area contributed by atoms with E-state index in [1.807, 2.05) is 44.2 Å². The second kappa shape index (κ2) is 8.03. The van der Waals surface area contributed by atoms with Crippen LogP contribution in [0.25, 0.3) is 0 Å². The van der Waals surface area contributed by atoms with Crippen molar-refractivity contribution in [1.29, 1.82) is 0 Å². The van der Waals surface area contributed by atoms with Gasteiger partial charge in [0.2, 0.25) is 0 Å². The Labute approximate surface area is 169 Å². The van der Waals surface area contributed by atoms with Crippen molar-refractivity contribution in [3.8, 4) is 0 Å². The molecule has 0 radical (unpaired) electrons. The Morgan fingerprint density at radius 3 is 2.50 bits per heavy atom. The van der Waals surface area contributed by atoms with Gasteiger partial charge in [-0.1, -0.05) is 57.5 Å². The molecule has 5 nitrogen and oxygen atoms in total. The van der Waals surface area contributed by atoms with E-state index in [2.05, 4.69) is 26.1 Å². The molecule has 3 unspecified atom stereocenters. The average molecular weight is 390 g/mol. The minimum atomic E-state index is -0.582. The summed E-state index contributed by atoms with van der Waals surface area (Å²) in [7, 11) is 0. The summed E-state index contributed by atoms with van der Waals surface area (Å²) in [5, 5.41) is 2.98. The number of nitrogens with one attached hydrogen (secondary N) is 1. The predicted octanol–water partition coefficient (Wildman–Crippen LogP) is 4.90. The van der Waals surface area contributed by atoms with Crippen LogP contribution in [0.2, 0.25) is 0 Å². The van der Waals surface area contributed by atoms with Crippen LogP contribution in [0.4, 0.5) is 4.79 Å². The zero-order valence-corrected chi connectivity index (χ0v) is 17.9. The molecule has 28 heavy (non-hydrogen) atoms. The zero-order chi connectivity index (χ0) is 20.4. The summed E-state index contributed by atoms with van der Waals surface area (Å²) in [6.07, 6.45) is 2.70. The predicted molar refractivity (Wildman–Crippen MR) is 109 cm³/mol. The van der Waals surface area contributed by atoms with Crippen molar-refractivity contribution in [3.05, 3.63) is 35.9 Å². The first-order valence-corrected chi connectivity index (χ1v) is 10.4. The normalized spacial score (nSPS) is 30.9. The maximum Gasteiger partial charge on any atom is 0.407 e. The van der Waals surface area contributed by atoms with Crippen LogP contribution in [0.5, 0.6) is 0 Å². The van der Waals surface area contributed by atoms with E-state index >= 15 is 0 Å². The molecular formula is C23H35NO4. The van der Waals surface area contributed by atoms with Crippen molar-refractivity contribution < 1.29 is 19.0 Å². The Morgan fingerprint density at radius 2 is 1.89 bits per heavy atom. The Balaban J connectivity index is 1.63. The van der Waals surface area contributed by atoms with Gasteiger partial charge in [0, 0.05) is 12.5 Å². The molecule has 5 heteroatoms. The van der Waals surface area contributed by atoms with Crippen LogP contribution >= 0.6 is 0 Å². The quantitative estimate of drug-likeness (QED) is 0.778. The molecule has 1 aromatic rings. The van der Waals surface area contributed by atoms with Gasteiger partial charge in [-0.15, -0.1) is 0 Å². The van der Waals surface area contributed by atoms with Crippen LogP contribution in [0.3, 0.4) is 0 Å². The highest BCUT2D eigenvalue weighted by atomic mass is 16.8. The molecular weight excluding hydrogens is 354 g/mol. The number of carbonyl (C=O) groups is 1. The van der Waals surface area contributed by atoms with Gasteiger partial charge in [-0.3, -0.25) is 0 Å².